The average Bonchev–Trinajstić information content (AvgIpc) is 2.48. The van der Waals surface area contributed by atoms with Gasteiger partial charge in [0.25, 0.3) is 0 Å². The maximum atomic E-state index is 12.3. The molecule has 0 radical (unpaired) electrons. The number of rotatable bonds is 6. The predicted octanol–water partition coefficient (Wildman–Crippen LogP) is 3.59. The number of hydrogen-bond acceptors (Lipinski definition) is 3. The summed E-state index contributed by atoms with van der Waals surface area (Å²) in [4.78, 5) is 30.2. The van der Waals surface area contributed by atoms with Crippen molar-refractivity contribution in [2.45, 2.75) is 26.7 Å². The third-order valence-corrected chi connectivity index (χ3v) is 3.90. The molecule has 0 fully saturated rings. The second-order valence-corrected chi connectivity index (χ2v) is 6.59. The van der Waals surface area contributed by atoms with Crippen molar-refractivity contribution in [3.8, 4) is 5.75 Å². The van der Waals surface area contributed by atoms with Crippen LogP contribution in [0.25, 0.3) is 0 Å². The molecule has 2 aromatic rings. The van der Waals surface area contributed by atoms with Gasteiger partial charge in [-0.15, -0.1) is 0 Å². The first-order valence-electron chi connectivity index (χ1n) is 7.20. The van der Waals surface area contributed by atoms with Crippen LogP contribution in [0.2, 0.25) is 0 Å². The molecule has 5 nitrogen and oxygen atoms in total. The van der Waals surface area contributed by atoms with Gasteiger partial charge in [0.05, 0.1) is 0 Å². The van der Waals surface area contributed by atoms with E-state index >= 15 is 0 Å². The molecule has 2 rings (SSSR count). The van der Waals surface area contributed by atoms with E-state index in [2.05, 4.69) is 4.52 Å². The molecule has 0 atom stereocenters. The van der Waals surface area contributed by atoms with E-state index in [0.717, 1.165) is 5.56 Å². The van der Waals surface area contributed by atoms with E-state index in [9.17, 15) is 9.36 Å². The van der Waals surface area contributed by atoms with Gasteiger partial charge in [-0.25, -0.2) is 4.57 Å². The van der Waals surface area contributed by atoms with Crippen LogP contribution in [0, 0.1) is 13.8 Å². The summed E-state index contributed by atoms with van der Waals surface area (Å²) in [5, 5.41) is 0. The molecule has 0 aliphatic carbocycles. The minimum Gasteiger partial charge on any atom is -0.404 e. The summed E-state index contributed by atoms with van der Waals surface area (Å²) >= 11 is 0. The van der Waals surface area contributed by atoms with Crippen molar-refractivity contribution in [2.75, 3.05) is 0 Å². The summed E-state index contributed by atoms with van der Waals surface area (Å²) in [6, 6.07) is 12.9. The van der Waals surface area contributed by atoms with Gasteiger partial charge in [0.2, 0.25) is 0 Å². The van der Waals surface area contributed by atoms with Gasteiger partial charge in [0, 0.05) is 12.0 Å². The van der Waals surface area contributed by atoms with Crippen LogP contribution in [0.5, 0.6) is 5.75 Å². The first-order chi connectivity index (χ1) is 10.8. The standard InChI is InChI=1S/C17H19O5P/c1-12-10-15(11-13(2)17(12)22-23(19,20)21)16(18)9-8-14-6-4-3-5-7-14/h3-7,10-11H,8-9H2,1-2H3,(H2,19,20,21). The lowest BCUT2D eigenvalue weighted by Crippen LogP contribution is -2.04. The Balaban J connectivity index is 2.14. The van der Waals surface area contributed by atoms with Crippen LogP contribution in [-0.2, 0) is 11.0 Å². The highest BCUT2D eigenvalue weighted by atomic mass is 31.2. The van der Waals surface area contributed by atoms with Gasteiger partial charge in [-0.2, -0.15) is 0 Å². The summed E-state index contributed by atoms with van der Waals surface area (Å²) in [6.07, 6.45) is 1.03. The van der Waals surface area contributed by atoms with Crippen LogP contribution in [0.15, 0.2) is 42.5 Å². The number of phosphoric acid groups is 1. The van der Waals surface area contributed by atoms with E-state index in [1.54, 1.807) is 26.0 Å². The number of carbonyl (C=O) groups is 1. The topological polar surface area (TPSA) is 83.8 Å². The second-order valence-electron chi connectivity index (χ2n) is 5.43. The molecule has 122 valence electrons. The largest absolute Gasteiger partial charge is 0.524 e. The van der Waals surface area contributed by atoms with E-state index < -0.39 is 7.82 Å². The minimum atomic E-state index is -4.62. The Morgan fingerprint density at radius 1 is 1.09 bits per heavy atom. The average molecular weight is 334 g/mol. The van der Waals surface area contributed by atoms with Crippen LogP contribution < -0.4 is 4.52 Å². The minimum absolute atomic E-state index is 0.0113. The molecule has 2 aromatic carbocycles. The van der Waals surface area contributed by atoms with Crippen LogP contribution in [0.3, 0.4) is 0 Å². The molecule has 0 amide bonds. The molecular formula is C17H19O5P. The van der Waals surface area contributed by atoms with E-state index in [0.29, 0.717) is 29.5 Å². The van der Waals surface area contributed by atoms with Gasteiger partial charge in [0.1, 0.15) is 5.75 Å². The molecule has 0 spiro atoms. The number of hydrogen-bond donors (Lipinski definition) is 2. The van der Waals surface area contributed by atoms with Crippen molar-refractivity contribution in [2.24, 2.45) is 0 Å². The molecule has 0 unspecified atom stereocenters. The molecule has 2 N–H and O–H groups in total. The Morgan fingerprint density at radius 3 is 2.17 bits per heavy atom. The first kappa shape index (κ1) is 17.4. The summed E-state index contributed by atoms with van der Waals surface area (Å²) in [5.74, 6) is 0.112. The van der Waals surface area contributed by atoms with Crippen LogP contribution >= 0.6 is 7.82 Å². The Morgan fingerprint density at radius 2 is 1.65 bits per heavy atom. The monoisotopic (exact) mass is 334 g/mol. The van der Waals surface area contributed by atoms with E-state index in [1.165, 1.54) is 0 Å². The van der Waals surface area contributed by atoms with Gasteiger partial charge >= 0.3 is 7.82 Å². The molecule has 0 bridgehead atoms. The van der Waals surface area contributed by atoms with Gasteiger partial charge in [-0.3, -0.25) is 14.6 Å². The van der Waals surface area contributed by atoms with Gasteiger partial charge < -0.3 is 4.52 Å². The van der Waals surface area contributed by atoms with Crippen molar-refractivity contribution >= 4 is 13.6 Å². The van der Waals surface area contributed by atoms with E-state index in [-0.39, 0.29) is 11.5 Å². The van der Waals surface area contributed by atoms with Crippen molar-refractivity contribution in [1.29, 1.82) is 0 Å². The molecule has 6 heteroatoms. The zero-order valence-electron chi connectivity index (χ0n) is 13.0. The second kappa shape index (κ2) is 7.09. The summed E-state index contributed by atoms with van der Waals surface area (Å²) in [5.41, 5.74) is 2.66. The van der Waals surface area contributed by atoms with Crippen LogP contribution in [0.4, 0.5) is 0 Å². The molecule has 0 heterocycles. The summed E-state index contributed by atoms with van der Waals surface area (Å²) < 4.78 is 15.7. The van der Waals surface area contributed by atoms with E-state index in [4.69, 9.17) is 9.79 Å². The highest BCUT2D eigenvalue weighted by Crippen LogP contribution is 2.41. The normalized spacial score (nSPS) is 11.3. The number of benzene rings is 2. The summed E-state index contributed by atoms with van der Waals surface area (Å²) in [6.45, 7) is 3.32. The van der Waals surface area contributed by atoms with Crippen molar-refractivity contribution in [1.82, 2.24) is 0 Å². The third-order valence-electron chi connectivity index (χ3n) is 3.48. The first-order valence-corrected chi connectivity index (χ1v) is 8.73. The number of aryl methyl sites for hydroxylation is 3. The highest BCUT2D eigenvalue weighted by molar-refractivity contribution is 7.46. The maximum absolute atomic E-state index is 12.3. The van der Waals surface area contributed by atoms with Crippen molar-refractivity contribution < 1.29 is 23.7 Å². The molecular weight excluding hydrogens is 315 g/mol. The number of ketones is 1. The fourth-order valence-corrected chi connectivity index (χ4v) is 2.95. The zero-order valence-corrected chi connectivity index (χ0v) is 13.9. The number of phosphoric ester groups is 1. The number of Topliss-reactive ketones (excluding diaryl/α,β-unsaturated/α-hetero) is 1. The fraction of sp³-hybridized carbons (Fsp3) is 0.235. The lowest BCUT2D eigenvalue weighted by molar-refractivity contribution is 0.0982. The summed E-state index contributed by atoms with van der Waals surface area (Å²) in [7, 11) is -4.62. The van der Waals surface area contributed by atoms with E-state index in [1.807, 2.05) is 30.3 Å². The smallest absolute Gasteiger partial charge is 0.404 e. The molecule has 0 saturated carbocycles. The highest BCUT2D eigenvalue weighted by Gasteiger charge is 2.20. The predicted molar refractivity (Wildman–Crippen MR) is 87.7 cm³/mol. The molecule has 0 aromatic heterocycles. The Labute approximate surface area is 135 Å². The Kier molecular flexibility index (Phi) is 5.37. The Bertz CT molecular complexity index is 726. The van der Waals surface area contributed by atoms with Crippen molar-refractivity contribution in [3.63, 3.8) is 0 Å². The maximum Gasteiger partial charge on any atom is 0.524 e. The Hall–Kier alpha value is -1.94. The van der Waals surface area contributed by atoms with Crippen LogP contribution in [0.1, 0.15) is 33.5 Å². The quantitative estimate of drug-likeness (QED) is 0.623. The molecule has 23 heavy (non-hydrogen) atoms. The van der Waals surface area contributed by atoms with Gasteiger partial charge in [-0.05, 0) is 49.1 Å². The third kappa shape index (κ3) is 5.03. The SMILES string of the molecule is Cc1cc(C(=O)CCc2ccccc2)cc(C)c1OP(=O)(O)O. The van der Waals surface area contributed by atoms with Gasteiger partial charge in [-0.1, -0.05) is 30.3 Å². The molecule has 0 aliphatic rings. The lowest BCUT2D eigenvalue weighted by atomic mass is 9.99. The molecule has 0 saturated heterocycles. The lowest BCUT2D eigenvalue weighted by Gasteiger charge is -2.14. The molecule has 0 aliphatic heterocycles. The zero-order chi connectivity index (χ0) is 17.0. The van der Waals surface area contributed by atoms with Crippen LogP contribution in [-0.4, -0.2) is 15.6 Å². The fourth-order valence-electron chi connectivity index (χ4n) is 2.42. The van der Waals surface area contributed by atoms with Gasteiger partial charge in [0.15, 0.2) is 5.78 Å². The number of carbonyl (C=O) groups excluding carboxylic acids is 1. The van der Waals surface area contributed by atoms with Crippen molar-refractivity contribution in [3.05, 3.63) is 64.7 Å².